The Hall–Kier alpha value is -2.01. The van der Waals surface area contributed by atoms with Gasteiger partial charge in [-0.05, 0) is 56.4 Å². The molecule has 1 heterocycles. The molecular weight excluding hydrogens is 290 g/mol. The van der Waals surface area contributed by atoms with Crippen LogP contribution in [0.1, 0.15) is 55.6 Å². The zero-order chi connectivity index (χ0) is 16.4. The standard InChI is InChI=1S/C18H25N3O2/c1-12(2)21-11-14-5-4-6-15(18(14)20-21)19-10-13-7-8-17(23-3)16(22)9-13/h7-9,11-12,15,19,22H,4-6,10H2,1-3H3/t15-/m0/s1. The Balaban J connectivity index is 1.71. The average Bonchev–Trinajstić information content (AvgIpc) is 2.98. The zero-order valence-corrected chi connectivity index (χ0v) is 14.0. The van der Waals surface area contributed by atoms with Gasteiger partial charge in [-0.25, -0.2) is 0 Å². The maximum absolute atomic E-state index is 9.88. The largest absolute Gasteiger partial charge is 0.504 e. The van der Waals surface area contributed by atoms with E-state index in [0.29, 0.717) is 18.3 Å². The predicted octanol–water partition coefficient (Wildman–Crippen LogP) is 3.35. The van der Waals surface area contributed by atoms with Crippen LogP contribution in [0.3, 0.4) is 0 Å². The van der Waals surface area contributed by atoms with Gasteiger partial charge in [0, 0.05) is 18.8 Å². The molecule has 2 aromatic rings. The summed E-state index contributed by atoms with van der Waals surface area (Å²) >= 11 is 0. The molecule has 5 nitrogen and oxygen atoms in total. The Kier molecular flexibility index (Phi) is 4.57. The Labute approximate surface area is 137 Å². The van der Waals surface area contributed by atoms with E-state index in [2.05, 4.69) is 30.0 Å². The molecule has 2 N–H and O–H groups in total. The van der Waals surface area contributed by atoms with Gasteiger partial charge in [-0.15, -0.1) is 0 Å². The molecule has 0 bridgehead atoms. The summed E-state index contributed by atoms with van der Waals surface area (Å²) < 4.78 is 7.14. The van der Waals surface area contributed by atoms with E-state index in [4.69, 9.17) is 9.84 Å². The summed E-state index contributed by atoms with van der Waals surface area (Å²) in [6.45, 7) is 5.01. The molecule has 0 saturated heterocycles. The first-order valence-corrected chi connectivity index (χ1v) is 8.25. The number of hydrogen-bond acceptors (Lipinski definition) is 4. The van der Waals surface area contributed by atoms with Crippen molar-refractivity contribution in [2.45, 2.75) is 51.7 Å². The number of phenols is 1. The lowest BCUT2D eigenvalue weighted by Gasteiger charge is -2.22. The lowest BCUT2D eigenvalue weighted by Crippen LogP contribution is -2.25. The van der Waals surface area contributed by atoms with Crippen LogP contribution in [0.2, 0.25) is 0 Å². The fourth-order valence-corrected chi connectivity index (χ4v) is 3.11. The van der Waals surface area contributed by atoms with Gasteiger partial charge in [0.15, 0.2) is 11.5 Å². The molecular formula is C18H25N3O2. The van der Waals surface area contributed by atoms with Crippen LogP contribution in [0.5, 0.6) is 11.5 Å². The maximum Gasteiger partial charge on any atom is 0.160 e. The number of rotatable bonds is 5. The SMILES string of the molecule is COc1ccc(CN[C@H]2CCCc3cn(C(C)C)nc32)cc1O. The third-order valence-corrected chi connectivity index (χ3v) is 4.43. The number of methoxy groups -OCH3 is 1. The number of ether oxygens (including phenoxy) is 1. The van der Waals surface area contributed by atoms with Crippen molar-refractivity contribution in [3.63, 3.8) is 0 Å². The summed E-state index contributed by atoms with van der Waals surface area (Å²) in [5.41, 5.74) is 3.58. The van der Waals surface area contributed by atoms with Gasteiger partial charge in [0.1, 0.15) is 0 Å². The molecule has 0 fully saturated rings. The number of fused-ring (bicyclic) bond motifs is 1. The summed E-state index contributed by atoms with van der Waals surface area (Å²) in [6.07, 6.45) is 5.59. The van der Waals surface area contributed by atoms with Crippen molar-refractivity contribution in [3.8, 4) is 11.5 Å². The number of nitrogens with zero attached hydrogens (tertiary/aromatic N) is 2. The number of aromatic hydroxyl groups is 1. The first-order chi connectivity index (χ1) is 11.1. The Morgan fingerprint density at radius 3 is 2.96 bits per heavy atom. The average molecular weight is 315 g/mol. The Morgan fingerprint density at radius 2 is 2.26 bits per heavy atom. The molecule has 0 radical (unpaired) electrons. The first kappa shape index (κ1) is 15.9. The first-order valence-electron chi connectivity index (χ1n) is 8.25. The minimum absolute atomic E-state index is 0.181. The summed E-state index contributed by atoms with van der Waals surface area (Å²) in [5.74, 6) is 0.685. The third-order valence-electron chi connectivity index (χ3n) is 4.43. The van der Waals surface area contributed by atoms with Crippen molar-refractivity contribution in [2.75, 3.05) is 7.11 Å². The molecule has 1 aromatic heterocycles. The second-order valence-corrected chi connectivity index (χ2v) is 6.45. The number of hydrogen-bond donors (Lipinski definition) is 2. The maximum atomic E-state index is 9.88. The van der Waals surface area contributed by atoms with E-state index in [1.807, 2.05) is 6.07 Å². The van der Waals surface area contributed by atoms with Crippen LogP contribution in [0.25, 0.3) is 0 Å². The molecule has 1 atom stereocenters. The van der Waals surface area contributed by atoms with Gasteiger partial charge in [-0.2, -0.15) is 5.10 Å². The molecule has 0 spiro atoms. The van der Waals surface area contributed by atoms with Crippen LogP contribution in [-0.2, 0) is 13.0 Å². The van der Waals surface area contributed by atoms with E-state index in [-0.39, 0.29) is 11.8 Å². The Bertz CT molecular complexity index is 679. The fourth-order valence-electron chi connectivity index (χ4n) is 3.11. The van der Waals surface area contributed by atoms with Crippen LogP contribution >= 0.6 is 0 Å². The van der Waals surface area contributed by atoms with E-state index in [1.54, 1.807) is 19.2 Å². The van der Waals surface area contributed by atoms with E-state index >= 15 is 0 Å². The molecule has 0 aliphatic heterocycles. The van der Waals surface area contributed by atoms with Gasteiger partial charge < -0.3 is 15.2 Å². The molecule has 5 heteroatoms. The lowest BCUT2D eigenvalue weighted by molar-refractivity contribution is 0.372. The van der Waals surface area contributed by atoms with Crippen molar-refractivity contribution in [1.29, 1.82) is 0 Å². The minimum atomic E-state index is 0.181. The minimum Gasteiger partial charge on any atom is -0.504 e. The van der Waals surface area contributed by atoms with E-state index in [0.717, 1.165) is 18.4 Å². The van der Waals surface area contributed by atoms with Gasteiger partial charge in [-0.1, -0.05) is 6.07 Å². The van der Waals surface area contributed by atoms with Crippen molar-refractivity contribution < 1.29 is 9.84 Å². The number of aryl methyl sites for hydroxylation is 1. The zero-order valence-electron chi connectivity index (χ0n) is 14.0. The summed E-state index contributed by atoms with van der Waals surface area (Å²) in [4.78, 5) is 0. The molecule has 1 aromatic carbocycles. The van der Waals surface area contributed by atoms with Crippen LogP contribution < -0.4 is 10.1 Å². The topological polar surface area (TPSA) is 59.3 Å². The molecule has 0 saturated carbocycles. The molecule has 0 amide bonds. The van der Waals surface area contributed by atoms with E-state index in [9.17, 15) is 5.11 Å². The smallest absolute Gasteiger partial charge is 0.160 e. The van der Waals surface area contributed by atoms with Crippen LogP contribution in [-0.4, -0.2) is 22.0 Å². The summed E-state index contributed by atoms with van der Waals surface area (Å²) in [6, 6.07) is 6.19. The summed E-state index contributed by atoms with van der Waals surface area (Å²) in [7, 11) is 1.56. The Morgan fingerprint density at radius 1 is 1.43 bits per heavy atom. The highest BCUT2D eigenvalue weighted by molar-refractivity contribution is 5.41. The van der Waals surface area contributed by atoms with Gasteiger partial charge in [0.05, 0.1) is 18.8 Å². The quantitative estimate of drug-likeness (QED) is 0.888. The van der Waals surface area contributed by atoms with Gasteiger partial charge in [0.2, 0.25) is 0 Å². The second-order valence-electron chi connectivity index (χ2n) is 6.45. The number of aromatic nitrogens is 2. The molecule has 1 aliphatic carbocycles. The van der Waals surface area contributed by atoms with Crippen molar-refractivity contribution >= 4 is 0 Å². The van der Waals surface area contributed by atoms with Gasteiger partial charge in [-0.3, -0.25) is 4.68 Å². The number of benzene rings is 1. The third kappa shape index (κ3) is 3.34. The van der Waals surface area contributed by atoms with Crippen LogP contribution in [0.15, 0.2) is 24.4 Å². The second kappa shape index (κ2) is 6.62. The highest BCUT2D eigenvalue weighted by Crippen LogP contribution is 2.30. The normalized spacial score (nSPS) is 17.3. The monoisotopic (exact) mass is 315 g/mol. The van der Waals surface area contributed by atoms with Gasteiger partial charge in [0.25, 0.3) is 0 Å². The molecule has 124 valence electrons. The van der Waals surface area contributed by atoms with E-state index < -0.39 is 0 Å². The van der Waals surface area contributed by atoms with Gasteiger partial charge >= 0.3 is 0 Å². The molecule has 1 aliphatic rings. The number of nitrogens with one attached hydrogen (secondary N) is 1. The van der Waals surface area contributed by atoms with E-state index in [1.165, 1.54) is 17.7 Å². The number of phenolic OH excluding ortho intramolecular Hbond substituents is 1. The fraction of sp³-hybridized carbons (Fsp3) is 0.500. The molecule has 0 unspecified atom stereocenters. The summed E-state index contributed by atoms with van der Waals surface area (Å²) in [5, 5.41) is 18.2. The van der Waals surface area contributed by atoms with Crippen molar-refractivity contribution in [1.82, 2.24) is 15.1 Å². The highest BCUT2D eigenvalue weighted by Gasteiger charge is 2.24. The highest BCUT2D eigenvalue weighted by atomic mass is 16.5. The van der Waals surface area contributed by atoms with Crippen LogP contribution in [0, 0.1) is 0 Å². The van der Waals surface area contributed by atoms with Crippen LogP contribution in [0.4, 0.5) is 0 Å². The molecule has 23 heavy (non-hydrogen) atoms. The molecule has 3 rings (SSSR count). The lowest BCUT2D eigenvalue weighted by atomic mass is 9.93. The van der Waals surface area contributed by atoms with Crippen molar-refractivity contribution in [3.05, 3.63) is 41.2 Å². The predicted molar refractivity (Wildman–Crippen MR) is 89.8 cm³/mol. The van der Waals surface area contributed by atoms with Crippen molar-refractivity contribution in [2.24, 2.45) is 0 Å².